The average Bonchev–Trinajstić information content (AvgIpc) is 2.68. The highest BCUT2D eigenvalue weighted by Crippen LogP contribution is 2.28. The second-order valence-corrected chi connectivity index (χ2v) is 5.03. The molecule has 0 aliphatic carbocycles. The number of nitrogens with two attached hydrogens (primary N) is 1. The van der Waals surface area contributed by atoms with E-state index in [1.165, 1.54) is 11.3 Å². The lowest BCUT2D eigenvalue weighted by atomic mass is 10.2. The van der Waals surface area contributed by atoms with Crippen LogP contribution in [0, 0.1) is 5.92 Å². The van der Waals surface area contributed by atoms with E-state index in [0.29, 0.717) is 5.92 Å². The fourth-order valence-electron chi connectivity index (χ4n) is 1.32. The summed E-state index contributed by atoms with van der Waals surface area (Å²) in [6.07, 6.45) is 0. The van der Waals surface area contributed by atoms with Crippen LogP contribution in [0.3, 0.4) is 0 Å². The zero-order chi connectivity index (χ0) is 11.5. The topological polar surface area (TPSA) is 60.2 Å². The van der Waals surface area contributed by atoms with Crippen molar-refractivity contribution >= 4 is 26.7 Å². The normalized spacial score (nSPS) is 11.0. The van der Waals surface area contributed by atoms with Gasteiger partial charge in [0, 0.05) is 0 Å². The van der Waals surface area contributed by atoms with Gasteiger partial charge < -0.3 is 4.74 Å². The summed E-state index contributed by atoms with van der Waals surface area (Å²) in [5, 5.41) is 0.719. The summed E-state index contributed by atoms with van der Waals surface area (Å²) in [7, 11) is 0. The second kappa shape index (κ2) is 4.67. The van der Waals surface area contributed by atoms with Gasteiger partial charge >= 0.3 is 0 Å². The molecule has 3 N–H and O–H groups in total. The summed E-state index contributed by atoms with van der Waals surface area (Å²) in [4.78, 5) is 4.29. The minimum absolute atomic E-state index is 0.526. The maximum Gasteiger partial charge on any atom is 0.198 e. The van der Waals surface area contributed by atoms with Crippen molar-refractivity contribution < 1.29 is 4.74 Å². The van der Waals surface area contributed by atoms with E-state index in [0.717, 1.165) is 27.7 Å². The first-order valence-corrected chi connectivity index (χ1v) is 6.00. The molecule has 0 unspecified atom stereocenters. The molecule has 1 aromatic carbocycles. The number of hydrogen-bond donors (Lipinski definition) is 2. The van der Waals surface area contributed by atoms with Crippen LogP contribution >= 0.6 is 11.3 Å². The number of nitrogens with zero attached hydrogens (tertiary/aromatic N) is 1. The lowest BCUT2D eigenvalue weighted by Gasteiger charge is -2.07. The highest BCUT2D eigenvalue weighted by molar-refractivity contribution is 7.22. The van der Waals surface area contributed by atoms with Crippen LogP contribution in [0.5, 0.6) is 5.75 Å². The second-order valence-electron chi connectivity index (χ2n) is 4.00. The van der Waals surface area contributed by atoms with Crippen LogP contribution < -0.4 is 16.0 Å². The summed E-state index contributed by atoms with van der Waals surface area (Å²) in [5.41, 5.74) is 3.49. The van der Waals surface area contributed by atoms with Gasteiger partial charge in [-0.15, -0.1) is 0 Å². The first-order valence-electron chi connectivity index (χ1n) is 5.19. The summed E-state index contributed by atoms with van der Waals surface area (Å²) in [6, 6.07) is 5.88. The van der Waals surface area contributed by atoms with Gasteiger partial charge in [0.1, 0.15) is 5.75 Å². The molecule has 0 saturated heterocycles. The number of hydrazine groups is 1. The molecule has 1 heterocycles. The Morgan fingerprint density at radius 2 is 2.31 bits per heavy atom. The van der Waals surface area contributed by atoms with Crippen molar-refractivity contribution in [3.63, 3.8) is 0 Å². The Hall–Kier alpha value is -1.33. The van der Waals surface area contributed by atoms with Crippen LogP contribution in [0.15, 0.2) is 18.2 Å². The number of nitrogens with one attached hydrogen (secondary N) is 1. The van der Waals surface area contributed by atoms with Gasteiger partial charge in [0.15, 0.2) is 5.13 Å². The number of nitrogen functional groups attached to an aromatic ring is 1. The molecular formula is C11H15N3OS. The molecule has 0 bridgehead atoms. The predicted octanol–water partition coefficient (Wildman–Crippen LogP) is 2.62. The van der Waals surface area contributed by atoms with E-state index in [1.54, 1.807) is 0 Å². The minimum atomic E-state index is 0.526. The smallest absolute Gasteiger partial charge is 0.198 e. The predicted molar refractivity (Wildman–Crippen MR) is 67.8 cm³/mol. The van der Waals surface area contributed by atoms with E-state index in [4.69, 9.17) is 10.6 Å². The Labute approximate surface area is 98.4 Å². The quantitative estimate of drug-likeness (QED) is 0.634. The van der Waals surface area contributed by atoms with Gasteiger partial charge in [-0.05, 0) is 24.1 Å². The molecule has 0 radical (unpaired) electrons. The van der Waals surface area contributed by atoms with Crippen molar-refractivity contribution in [2.75, 3.05) is 12.0 Å². The number of benzene rings is 1. The highest BCUT2D eigenvalue weighted by atomic mass is 32.1. The average molecular weight is 237 g/mol. The lowest BCUT2D eigenvalue weighted by molar-refractivity contribution is 0.271. The Balaban J connectivity index is 2.22. The molecule has 0 aliphatic rings. The first-order chi connectivity index (χ1) is 7.69. The molecule has 0 saturated carbocycles. The van der Waals surface area contributed by atoms with Crippen molar-refractivity contribution in [2.45, 2.75) is 13.8 Å². The van der Waals surface area contributed by atoms with Crippen LogP contribution in [0.1, 0.15) is 13.8 Å². The molecule has 4 nitrogen and oxygen atoms in total. The molecule has 0 atom stereocenters. The zero-order valence-electron chi connectivity index (χ0n) is 9.36. The van der Waals surface area contributed by atoms with Crippen molar-refractivity contribution in [1.29, 1.82) is 0 Å². The molecule has 5 heteroatoms. The van der Waals surface area contributed by atoms with E-state index < -0.39 is 0 Å². The van der Waals surface area contributed by atoms with Gasteiger partial charge in [0.2, 0.25) is 0 Å². The molecule has 1 aromatic heterocycles. The number of anilines is 1. The molecule has 2 aromatic rings. The van der Waals surface area contributed by atoms with Gasteiger partial charge in [-0.3, -0.25) is 5.43 Å². The van der Waals surface area contributed by atoms with Crippen LogP contribution in [0.25, 0.3) is 10.2 Å². The van der Waals surface area contributed by atoms with Crippen LogP contribution in [0.2, 0.25) is 0 Å². The van der Waals surface area contributed by atoms with Gasteiger partial charge in [0.25, 0.3) is 0 Å². The third-order valence-electron chi connectivity index (χ3n) is 2.07. The number of hydrogen-bond acceptors (Lipinski definition) is 5. The highest BCUT2D eigenvalue weighted by Gasteiger charge is 2.04. The monoisotopic (exact) mass is 237 g/mol. The van der Waals surface area contributed by atoms with Gasteiger partial charge in [-0.2, -0.15) is 0 Å². The molecule has 2 rings (SSSR count). The molecule has 0 aliphatic heterocycles. The van der Waals surface area contributed by atoms with E-state index in [1.807, 2.05) is 18.2 Å². The van der Waals surface area contributed by atoms with Gasteiger partial charge in [-0.25, -0.2) is 10.8 Å². The van der Waals surface area contributed by atoms with Crippen molar-refractivity contribution in [3.05, 3.63) is 18.2 Å². The molecule has 0 amide bonds. The third kappa shape index (κ3) is 2.43. The molecule has 86 valence electrons. The summed E-state index contributed by atoms with van der Waals surface area (Å²) in [5.74, 6) is 6.73. The van der Waals surface area contributed by atoms with Gasteiger partial charge in [0.05, 0.1) is 16.8 Å². The SMILES string of the molecule is CC(C)COc1ccc2nc(NN)sc2c1. The summed E-state index contributed by atoms with van der Waals surface area (Å²) in [6.45, 7) is 4.98. The molecular weight excluding hydrogens is 222 g/mol. The number of rotatable bonds is 4. The maximum atomic E-state index is 5.65. The van der Waals surface area contributed by atoms with Crippen molar-refractivity contribution in [2.24, 2.45) is 11.8 Å². The minimum Gasteiger partial charge on any atom is -0.493 e. The van der Waals surface area contributed by atoms with Crippen molar-refractivity contribution in [3.8, 4) is 5.75 Å². The van der Waals surface area contributed by atoms with Crippen LogP contribution in [0.4, 0.5) is 5.13 Å². The largest absolute Gasteiger partial charge is 0.493 e. The van der Waals surface area contributed by atoms with Crippen LogP contribution in [-0.4, -0.2) is 11.6 Å². The molecule has 16 heavy (non-hydrogen) atoms. The lowest BCUT2D eigenvalue weighted by Crippen LogP contribution is -2.05. The van der Waals surface area contributed by atoms with Crippen molar-refractivity contribution in [1.82, 2.24) is 4.98 Å². The number of aromatic nitrogens is 1. The molecule has 0 fully saturated rings. The molecule has 0 spiro atoms. The zero-order valence-corrected chi connectivity index (χ0v) is 10.2. The van der Waals surface area contributed by atoms with E-state index >= 15 is 0 Å². The third-order valence-corrected chi connectivity index (χ3v) is 3.02. The Kier molecular flexibility index (Phi) is 3.26. The number of thiazole rings is 1. The standard InChI is InChI=1S/C11H15N3OS/c1-7(2)6-15-8-3-4-9-10(5-8)16-11(13-9)14-12/h3-5,7H,6,12H2,1-2H3,(H,13,14). The van der Waals surface area contributed by atoms with Crippen LogP contribution in [-0.2, 0) is 0 Å². The van der Waals surface area contributed by atoms with E-state index in [9.17, 15) is 0 Å². The van der Waals surface area contributed by atoms with E-state index in [-0.39, 0.29) is 0 Å². The number of fused-ring (bicyclic) bond motifs is 1. The Morgan fingerprint density at radius 1 is 1.50 bits per heavy atom. The number of ether oxygens (including phenoxy) is 1. The fraction of sp³-hybridized carbons (Fsp3) is 0.364. The fourth-order valence-corrected chi connectivity index (χ4v) is 2.12. The summed E-state index contributed by atoms with van der Waals surface area (Å²) < 4.78 is 6.72. The maximum absolute atomic E-state index is 5.65. The Morgan fingerprint density at radius 3 is 3.00 bits per heavy atom. The first kappa shape index (κ1) is 11.2. The Bertz CT molecular complexity index is 481. The van der Waals surface area contributed by atoms with E-state index in [2.05, 4.69) is 24.3 Å². The van der Waals surface area contributed by atoms with Gasteiger partial charge in [-0.1, -0.05) is 25.2 Å². The summed E-state index contributed by atoms with van der Waals surface area (Å²) >= 11 is 1.52.